The maximum Gasteiger partial charge on any atom is 0.251 e. The lowest BCUT2D eigenvalue weighted by atomic mass is 9.91. The third-order valence-electron chi connectivity index (χ3n) is 3.35. The first-order valence-corrected chi connectivity index (χ1v) is 5.36. The summed E-state index contributed by atoms with van der Waals surface area (Å²) in [6.45, 7) is 8.09. The molecule has 0 saturated heterocycles. The molecule has 0 aliphatic carbocycles. The zero-order valence-corrected chi connectivity index (χ0v) is 10.9. The zero-order valence-electron chi connectivity index (χ0n) is 10.9. The molecule has 0 unspecified atom stereocenters. The lowest BCUT2D eigenvalue weighted by molar-refractivity contribution is 0.1000. The summed E-state index contributed by atoms with van der Waals surface area (Å²) in [6.07, 6.45) is 0. The Bertz CT molecular complexity index is 448. The van der Waals surface area contributed by atoms with Gasteiger partial charge in [0, 0.05) is 14.1 Å². The van der Waals surface area contributed by atoms with E-state index in [0.29, 0.717) is 5.56 Å². The number of rotatable bonds is 2. The lowest BCUT2D eigenvalue weighted by Gasteiger charge is -2.24. The second-order valence-electron chi connectivity index (χ2n) is 4.48. The Hall–Kier alpha value is -1.51. The van der Waals surface area contributed by atoms with Gasteiger partial charge < -0.3 is 10.6 Å². The molecular formula is C13H20N2O. The molecule has 0 fully saturated rings. The average Bonchev–Trinajstić information content (AvgIpc) is 2.18. The molecule has 0 aromatic heterocycles. The minimum Gasteiger partial charge on any atom is -0.377 e. The Morgan fingerprint density at radius 2 is 1.38 bits per heavy atom. The predicted octanol–water partition coefficient (Wildman–Crippen LogP) is 2.09. The van der Waals surface area contributed by atoms with E-state index in [1.165, 1.54) is 5.56 Å². The summed E-state index contributed by atoms with van der Waals surface area (Å²) in [5, 5.41) is 0. The van der Waals surface area contributed by atoms with Gasteiger partial charge in [0.15, 0.2) is 0 Å². The third-order valence-corrected chi connectivity index (χ3v) is 3.35. The van der Waals surface area contributed by atoms with Crippen LogP contribution in [0.3, 0.4) is 0 Å². The molecule has 0 heterocycles. The molecule has 1 aromatic rings. The number of carbonyl (C=O) groups is 1. The van der Waals surface area contributed by atoms with E-state index in [4.69, 9.17) is 5.73 Å². The Morgan fingerprint density at radius 1 is 0.938 bits per heavy atom. The number of hydrogen-bond acceptors (Lipinski definition) is 2. The minimum absolute atomic E-state index is 0.354. The number of nitrogens with zero attached hydrogens (tertiary/aromatic N) is 1. The summed E-state index contributed by atoms with van der Waals surface area (Å²) in [6, 6.07) is 0. The van der Waals surface area contributed by atoms with Gasteiger partial charge in [-0.25, -0.2) is 0 Å². The van der Waals surface area contributed by atoms with E-state index in [-0.39, 0.29) is 5.91 Å². The van der Waals surface area contributed by atoms with Crippen molar-refractivity contribution in [3.8, 4) is 0 Å². The van der Waals surface area contributed by atoms with Crippen molar-refractivity contribution < 1.29 is 4.79 Å². The number of carbonyl (C=O) groups excluding carboxylic acids is 1. The molecular weight excluding hydrogens is 200 g/mol. The van der Waals surface area contributed by atoms with Gasteiger partial charge in [-0.2, -0.15) is 0 Å². The number of primary amides is 1. The molecule has 0 radical (unpaired) electrons. The molecule has 0 bridgehead atoms. The highest BCUT2D eigenvalue weighted by Crippen LogP contribution is 2.32. The molecule has 1 amide bonds. The third kappa shape index (κ3) is 1.77. The van der Waals surface area contributed by atoms with E-state index < -0.39 is 0 Å². The van der Waals surface area contributed by atoms with Gasteiger partial charge in [-0.3, -0.25) is 4.79 Å². The fraction of sp³-hybridized carbons (Fsp3) is 0.462. The van der Waals surface area contributed by atoms with Crippen molar-refractivity contribution in [3.63, 3.8) is 0 Å². The topological polar surface area (TPSA) is 46.3 Å². The second kappa shape index (κ2) is 4.16. The fourth-order valence-corrected chi connectivity index (χ4v) is 2.15. The molecule has 2 N–H and O–H groups in total. The van der Waals surface area contributed by atoms with E-state index >= 15 is 0 Å². The maximum absolute atomic E-state index is 11.6. The van der Waals surface area contributed by atoms with E-state index in [1.807, 2.05) is 39.8 Å². The van der Waals surface area contributed by atoms with Crippen LogP contribution in [0.4, 0.5) is 5.69 Å². The molecule has 1 rings (SSSR count). The minimum atomic E-state index is -0.354. The van der Waals surface area contributed by atoms with Gasteiger partial charge in [0.1, 0.15) is 0 Å². The van der Waals surface area contributed by atoms with Gasteiger partial charge in [0.2, 0.25) is 0 Å². The molecule has 1 aromatic carbocycles. The Labute approximate surface area is 97.2 Å². The van der Waals surface area contributed by atoms with Crippen molar-refractivity contribution in [1.29, 1.82) is 0 Å². The molecule has 0 atom stereocenters. The largest absolute Gasteiger partial charge is 0.377 e. The van der Waals surface area contributed by atoms with Gasteiger partial charge in [-0.05, 0) is 49.9 Å². The smallest absolute Gasteiger partial charge is 0.251 e. The standard InChI is InChI=1S/C13H20N2O/c1-7-8(2)10(4)12(15(5)6)11(9(7)3)13(14)16/h1-6H3,(H2,14,16). The first kappa shape index (κ1) is 12.6. The number of anilines is 1. The second-order valence-corrected chi connectivity index (χ2v) is 4.48. The molecule has 0 aliphatic heterocycles. The molecule has 0 saturated carbocycles. The quantitative estimate of drug-likeness (QED) is 0.829. The van der Waals surface area contributed by atoms with Crippen molar-refractivity contribution in [2.24, 2.45) is 5.73 Å². The molecule has 88 valence electrons. The van der Waals surface area contributed by atoms with Crippen LogP contribution in [0.25, 0.3) is 0 Å². The van der Waals surface area contributed by atoms with E-state index in [1.54, 1.807) is 0 Å². The summed E-state index contributed by atoms with van der Waals surface area (Å²) in [5.41, 5.74) is 11.5. The SMILES string of the molecule is Cc1c(C)c(C)c(N(C)C)c(C(N)=O)c1C. The van der Waals surface area contributed by atoms with Crippen LogP contribution >= 0.6 is 0 Å². The van der Waals surface area contributed by atoms with Crippen molar-refractivity contribution in [1.82, 2.24) is 0 Å². The fourth-order valence-electron chi connectivity index (χ4n) is 2.15. The highest BCUT2D eigenvalue weighted by atomic mass is 16.1. The van der Waals surface area contributed by atoms with Gasteiger partial charge >= 0.3 is 0 Å². The monoisotopic (exact) mass is 220 g/mol. The van der Waals surface area contributed by atoms with Crippen LogP contribution in [-0.2, 0) is 0 Å². The summed E-state index contributed by atoms with van der Waals surface area (Å²) in [4.78, 5) is 13.5. The van der Waals surface area contributed by atoms with Crippen LogP contribution in [0.2, 0.25) is 0 Å². The Morgan fingerprint density at radius 3 is 1.75 bits per heavy atom. The Kier molecular flexibility index (Phi) is 3.27. The number of hydrogen-bond donors (Lipinski definition) is 1. The molecule has 0 spiro atoms. The molecule has 16 heavy (non-hydrogen) atoms. The average molecular weight is 220 g/mol. The number of amides is 1. The van der Waals surface area contributed by atoms with Crippen LogP contribution in [-0.4, -0.2) is 20.0 Å². The van der Waals surface area contributed by atoms with Crippen LogP contribution < -0.4 is 10.6 Å². The van der Waals surface area contributed by atoms with Gasteiger partial charge in [-0.15, -0.1) is 0 Å². The summed E-state index contributed by atoms with van der Waals surface area (Å²) < 4.78 is 0. The molecule has 3 nitrogen and oxygen atoms in total. The van der Waals surface area contributed by atoms with Crippen LogP contribution in [0, 0.1) is 27.7 Å². The van der Waals surface area contributed by atoms with Gasteiger partial charge in [-0.1, -0.05) is 0 Å². The predicted molar refractivity (Wildman–Crippen MR) is 68.2 cm³/mol. The van der Waals surface area contributed by atoms with Gasteiger partial charge in [0.05, 0.1) is 11.3 Å². The first-order valence-electron chi connectivity index (χ1n) is 5.36. The molecule has 0 aliphatic rings. The molecule has 3 heteroatoms. The highest BCUT2D eigenvalue weighted by molar-refractivity contribution is 6.01. The zero-order chi connectivity index (χ0) is 12.6. The van der Waals surface area contributed by atoms with Crippen LogP contribution in [0.5, 0.6) is 0 Å². The normalized spacial score (nSPS) is 10.4. The van der Waals surface area contributed by atoms with Crippen molar-refractivity contribution in [3.05, 3.63) is 27.8 Å². The maximum atomic E-state index is 11.6. The van der Waals surface area contributed by atoms with E-state index in [0.717, 1.165) is 22.4 Å². The summed E-state index contributed by atoms with van der Waals surface area (Å²) >= 11 is 0. The highest BCUT2D eigenvalue weighted by Gasteiger charge is 2.19. The van der Waals surface area contributed by atoms with Crippen LogP contribution in [0.1, 0.15) is 32.6 Å². The Balaban J connectivity index is 3.76. The number of benzene rings is 1. The van der Waals surface area contributed by atoms with Crippen molar-refractivity contribution in [2.75, 3.05) is 19.0 Å². The van der Waals surface area contributed by atoms with E-state index in [2.05, 4.69) is 6.92 Å². The van der Waals surface area contributed by atoms with Crippen molar-refractivity contribution in [2.45, 2.75) is 27.7 Å². The van der Waals surface area contributed by atoms with Crippen molar-refractivity contribution >= 4 is 11.6 Å². The lowest BCUT2D eigenvalue weighted by Crippen LogP contribution is -2.22. The van der Waals surface area contributed by atoms with Gasteiger partial charge in [0.25, 0.3) is 5.91 Å². The van der Waals surface area contributed by atoms with E-state index in [9.17, 15) is 4.79 Å². The first-order chi connectivity index (χ1) is 7.29. The number of nitrogens with two attached hydrogens (primary N) is 1. The van der Waals surface area contributed by atoms with Crippen LogP contribution in [0.15, 0.2) is 0 Å². The summed E-state index contributed by atoms with van der Waals surface area (Å²) in [7, 11) is 3.87. The summed E-state index contributed by atoms with van der Waals surface area (Å²) in [5.74, 6) is -0.354.